The third-order valence-electron chi connectivity index (χ3n) is 2.96. The van der Waals surface area contributed by atoms with Crippen LogP contribution in [0.4, 0.5) is 0 Å². The molecule has 1 fully saturated rings. The van der Waals surface area contributed by atoms with Crippen LogP contribution < -0.4 is 0 Å². The van der Waals surface area contributed by atoms with Crippen molar-refractivity contribution in [2.75, 3.05) is 38.8 Å². The highest BCUT2D eigenvalue weighted by molar-refractivity contribution is 8.00. The molecule has 0 N–H and O–H groups in total. The zero-order valence-electron chi connectivity index (χ0n) is 11.3. The first-order valence-corrected chi connectivity index (χ1v) is 8.47. The van der Waals surface area contributed by atoms with E-state index < -0.39 is 16.3 Å². The second kappa shape index (κ2) is 6.23. The van der Waals surface area contributed by atoms with Crippen molar-refractivity contribution in [1.29, 1.82) is 0 Å². The smallest absolute Gasteiger partial charge is 0.282 e. The van der Waals surface area contributed by atoms with Crippen molar-refractivity contribution >= 4 is 27.9 Å². The number of thioether (sulfide) groups is 1. The Morgan fingerprint density at radius 1 is 1.33 bits per heavy atom. The molecule has 1 aliphatic rings. The predicted octanol–water partition coefficient (Wildman–Crippen LogP) is 0.0361. The van der Waals surface area contributed by atoms with Gasteiger partial charge in [-0.05, 0) is 13.8 Å². The van der Waals surface area contributed by atoms with Crippen LogP contribution in [0.1, 0.15) is 13.8 Å². The fourth-order valence-corrected chi connectivity index (χ4v) is 4.57. The molecule has 6 nitrogen and oxygen atoms in total. The van der Waals surface area contributed by atoms with E-state index in [9.17, 15) is 13.2 Å². The molecule has 1 aliphatic heterocycles. The zero-order valence-corrected chi connectivity index (χ0v) is 12.9. The number of likely N-dealkylation sites (N-methyl/N-ethyl adjacent to an activating group) is 1. The summed E-state index contributed by atoms with van der Waals surface area (Å²) >= 11 is 1.47. The number of amides is 1. The maximum Gasteiger partial charge on any atom is 0.282 e. The standard InChI is InChI=1S/C10H21N3O3S2/c1-5-12(6-2)10(14)9-7-17-8-13(9)18(15,16)11(3)4/h9H,5-8H2,1-4H3/t9-/m0/s1. The molecule has 1 atom stereocenters. The molecule has 0 radical (unpaired) electrons. The van der Waals surface area contributed by atoms with Gasteiger partial charge >= 0.3 is 0 Å². The number of hydrogen-bond donors (Lipinski definition) is 0. The first-order chi connectivity index (χ1) is 8.36. The minimum absolute atomic E-state index is 0.101. The normalized spacial score (nSPS) is 21.5. The Hall–Kier alpha value is -0.310. The number of carbonyl (C=O) groups excluding carboxylic acids is 1. The summed E-state index contributed by atoms with van der Waals surface area (Å²) < 4.78 is 26.7. The minimum Gasteiger partial charge on any atom is -0.342 e. The lowest BCUT2D eigenvalue weighted by Gasteiger charge is -2.29. The van der Waals surface area contributed by atoms with Gasteiger partial charge in [-0.25, -0.2) is 0 Å². The Morgan fingerprint density at radius 3 is 2.33 bits per heavy atom. The Labute approximate surface area is 113 Å². The van der Waals surface area contributed by atoms with E-state index >= 15 is 0 Å². The molecule has 0 saturated carbocycles. The number of hydrogen-bond acceptors (Lipinski definition) is 4. The highest BCUT2D eigenvalue weighted by atomic mass is 32.2. The molecular weight excluding hydrogens is 274 g/mol. The largest absolute Gasteiger partial charge is 0.342 e. The first kappa shape index (κ1) is 15.7. The van der Waals surface area contributed by atoms with Gasteiger partial charge in [0.05, 0.1) is 5.88 Å². The number of carbonyl (C=O) groups is 1. The van der Waals surface area contributed by atoms with Crippen molar-refractivity contribution in [2.24, 2.45) is 0 Å². The van der Waals surface area contributed by atoms with Gasteiger partial charge < -0.3 is 4.90 Å². The van der Waals surface area contributed by atoms with Gasteiger partial charge in [-0.1, -0.05) is 0 Å². The molecule has 106 valence electrons. The van der Waals surface area contributed by atoms with Crippen molar-refractivity contribution in [3.8, 4) is 0 Å². The molecule has 1 heterocycles. The van der Waals surface area contributed by atoms with Crippen molar-refractivity contribution in [2.45, 2.75) is 19.9 Å². The zero-order chi connectivity index (χ0) is 13.9. The molecule has 0 unspecified atom stereocenters. The first-order valence-electron chi connectivity index (χ1n) is 5.92. The quantitative estimate of drug-likeness (QED) is 0.718. The predicted molar refractivity (Wildman–Crippen MR) is 73.5 cm³/mol. The topological polar surface area (TPSA) is 60.9 Å². The lowest BCUT2D eigenvalue weighted by atomic mass is 10.3. The van der Waals surface area contributed by atoms with Crippen molar-refractivity contribution in [3.63, 3.8) is 0 Å². The van der Waals surface area contributed by atoms with Crippen LogP contribution in [0.3, 0.4) is 0 Å². The van der Waals surface area contributed by atoms with Gasteiger partial charge in [-0.3, -0.25) is 4.79 Å². The summed E-state index contributed by atoms with van der Waals surface area (Å²) in [5, 5.41) is 0. The van der Waals surface area contributed by atoms with E-state index in [2.05, 4.69) is 0 Å². The van der Waals surface area contributed by atoms with E-state index in [-0.39, 0.29) is 5.91 Å². The van der Waals surface area contributed by atoms with Gasteiger partial charge in [-0.15, -0.1) is 11.8 Å². The van der Waals surface area contributed by atoms with Gasteiger partial charge in [0.25, 0.3) is 10.2 Å². The Bertz CT molecular complexity index is 393. The molecule has 1 saturated heterocycles. The number of rotatable bonds is 5. The Kier molecular flexibility index (Phi) is 5.45. The Balaban J connectivity index is 2.93. The molecule has 0 aromatic rings. The summed E-state index contributed by atoms with van der Waals surface area (Å²) in [4.78, 5) is 14.0. The lowest BCUT2D eigenvalue weighted by Crippen LogP contribution is -2.51. The molecule has 0 bridgehead atoms. The van der Waals surface area contributed by atoms with E-state index in [1.807, 2.05) is 13.8 Å². The highest BCUT2D eigenvalue weighted by Gasteiger charge is 2.41. The maximum absolute atomic E-state index is 12.3. The van der Waals surface area contributed by atoms with E-state index in [1.165, 1.54) is 30.2 Å². The highest BCUT2D eigenvalue weighted by Crippen LogP contribution is 2.26. The van der Waals surface area contributed by atoms with Crippen LogP contribution in [0.15, 0.2) is 0 Å². The van der Waals surface area contributed by atoms with Crippen molar-refractivity contribution < 1.29 is 13.2 Å². The van der Waals surface area contributed by atoms with Crippen LogP contribution in [0.5, 0.6) is 0 Å². The SMILES string of the molecule is CCN(CC)C(=O)[C@@H]1CSCN1S(=O)(=O)N(C)C. The number of nitrogens with zero attached hydrogens (tertiary/aromatic N) is 3. The van der Waals surface area contributed by atoms with Crippen LogP contribution in [0.25, 0.3) is 0 Å². The van der Waals surface area contributed by atoms with E-state index in [0.717, 1.165) is 4.31 Å². The third kappa shape index (κ3) is 2.98. The fourth-order valence-electron chi connectivity index (χ4n) is 1.81. The van der Waals surface area contributed by atoms with Gasteiger partial charge in [-0.2, -0.15) is 17.0 Å². The Morgan fingerprint density at radius 2 is 1.89 bits per heavy atom. The van der Waals surface area contributed by atoms with Crippen LogP contribution in [-0.2, 0) is 15.0 Å². The summed E-state index contributed by atoms with van der Waals surface area (Å²) in [5.74, 6) is 0.774. The van der Waals surface area contributed by atoms with Crippen LogP contribution in [-0.4, -0.2) is 72.7 Å². The molecule has 1 amide bonds. The summed E-state index contributed by atoms with van der Waals surface area (Å²) in [6.45, 7) is 5.00. The van der Waals surface area contributed by atoms with Gasteiger partial charge in [0.1, 0.15) is 6.04 Å². The van der Waals surface area contributed by atoms with Crippen LogP contribution >= 0.6 is 11.8 Å². The average Bonchev–Trinajstić information content (AvgIpc) is 2.79. The second-order valence-electron chi connectivity index (χ2n) is 4.20. The van der Waals surface area contributed by atoms with Gasteiger partial charge in [0.15, 0.2) is 0 Å². The average molecular weight is 295 g/mol. The minimum atomic E-state index is -3.52. The lowest BCUT2D eigenvalue weighted by molar-refractivity contribution is -0.133. The summed E-state index contributed by atoms with van der Waals surface area (Å²) in [7, 11) is -0.556. The van der Waals surface area contributed by atoms with Crippen molar-refractivity contribution in [3.05, 3.63) is 0 Å². The molecule has 0 aromatic heterocycles. The molecular formula is C10H21N3O3S2. The summed E-state index contributed by atoms with van der Waals surface area (Å²) in [6.07, 6.45) is 0. The van der Waals surface area contributed by atoms with Crippen molar-refractivity contribution in [1.82, 2.24) is 13.5 Å². The van der Waals surface area contributed by atoms with Crippen LogP contribution in [0.2, 0.25) is 0 Å². The summed E-state index contributed by atoms with van der Waals surface area (Å²) in [5.41, 5.74) is 0. The molecule has 0 spiro atoms. The molecule has 1 rings (SSSR count). The van der Waals surface area contributed by atoms with Crippen LogP contribution in [0, 0.1) is 0 Å². The maximum atomic E-state index is 12.3. The molecule has 18 heavy (non-hydrogen) atoms. The molecule has 8 heteroatoms. The molecule has 0 aromatic carbocycles. The summed E-state index contributed by atoms with van der Waals surface area (Å²) in [6, 6.07) is -0.567. The monoisotopic (exact) mass is 295 g/mol. The van der Waals surface area contributed by atoms with E-state index in [4.69, 9.17) is 0 Å². The third-order valence-corrected chi connectivity index (χ3v) is 6.03. The van der Waals surface area contributed by atoms with E-state index in [1.54, 1.807) is 4.90 Å². The van der Waals surface area contributed by atoms with Gasteiger partial charge in [0, 0.05) is 32.9 Å². The molecule has 0 aliphatic carbocycles. The second-order valence-corrected chi connectivity index (χ2v) is 7.30. The van der Waals surface area contributed by atoms with E-state index in [0.29, 0.717) is 24.7 Å². The van der Waals surface area contributed by atoms with Gasteiger partial charge in [0.2, 0.25) is 5.91 Å². The fraction of sp³-hybridized carbons (Fsp3) is 0.900.